The van der Waals surface area contributed by atoms with Crippen molar-refractivity contribution in [2.45, 2.75) is 64.6 Å². The van der Waals surface area contributed by atoms with Crippen LogP contribution >= 0.6 is 23.2 Å². The Kier molecular flexibility index (Phi) is 7.09. The van der Waals surface area contributed by atoms with Crippen LogP contribution in [0.2, 0.25) is 10.3 Å². The lowest BCUT2D eigenvalue weighted by atomic mass is 9.92. The van der Waals surface area contributed by atoms with E-state index in [-0.39, 0.29) is 50.9 Å². The number of benzene rings is 3. The minimum atomic E-state index is -0.753. The number of anilines is 1. The van der Waals surface area contributed by atoms with Gasteiger partial charge in [-0.2, -0.15) is 4.98 Å². The molecule has 2 unspecified atom stereocenters. The lowest BCUT2D eigenvalue weighted by Gasteiger charge is -2.42. The van der Waals surface area contributed by atoms with Gasteiger partial charge in [0.1, 0.15) is 28.5 Å². The summed E-state index contributed by atoms with van der Waals surface area (Å²) in [6, 6.07) is 7.14. The van der Waals surface area contributed by atoms with Crippen molar-refractivity contribution in [1.29, 1.82) is 0 Å². The molecule has 0 spiro atoms. The topological polar surface area (TPSA) is 78.8 Å². The molecule has 0 aliphatic carbocycles. The van der Waals surface area contributed by atoms with Gasteiger partial charge in [0.2, 0.25) is 5.28 Å². The number of phenols is 1. The number of piperazine rings is 1. The van der Waals surface area contributed by atoms with Gasteiger partial charge in [-0.1, -0.05) is 24.6 Å². The highest BCUT2D eigenvalue weighted by Crippen LogP contribution is 2.44. The SMILES string of the molecule is CCc1c(F)ccc2cc(O)cc(-c3c(Cl)cc4c(N5CC6CCC(C5)N6C(=O)OC(C)(C)C)nc(Cl)nc4c3F)c12. The highest BCUT2D eigenvalue weighted by atomic mass is 35.5. The first-order valence-corrected chi connectivity index (χ1v) is 14.7. The number of rotatable bonds is 3. The van der Waals surface area contributed by atoms with E-state index < -0.39 is 17.2 Å². The largest absolute Gasteiger partial charge is 0.508 e. The van der Waals surface area contributed by atoms with E-state index in [9.17, 15) is 14.3 Å². The summed E-state index contributed by atoms with van der Waals surface area (Å²) in [5, 5.41) is 11.8. The van der Waals surface area contributed by atoms with Gasteiger partial charge < -0.3 is 14.7 Å². The third kappa shape index (κ3) is 4.86. The van der Waals surface area contributed by atoms with E-state index in [0.29, 0.717) is 47.1 Å². The third-order valence-corrected chi connectivity index (χ3v) is 8.46. The van der Waals surface area contributed by atoms with Crippen LogP contribution in [0.4, 0.5) is 19.4 Å². The maximum absolute atomic E-state index is 16.5. The van der Waals surface area contributed by atoms with Crippen LogP contribution in [0, 0.1) is 11.6 Å². The highest BCUT2D eigenvalue weighted by Gasteiger charge is 2.45. The summed E-state index contributed by atoms with van der Waals surface area (Å²) in [4.78, 5) is 25.5. The molecule has 220 valence electrons. The van der Waals surface area contributed by atoms with Gasteiger partial charge in [0.25, 0.3) is 0 Å². The van der Waals surface area contributed by atoms with Crippen LogP contribution < -0.4 is 4.90 Å². The number of ether oxygens (including phenoxy) is 1. The van der Waals surface area contributed by atoms with E-state index in [1.165, 1.54) is 18.2 Å². The zero-order valence-electron chi connectivity index (χ0n) is 23.6. The van der Waals surface area contributed by atoms with Crippen LogP contribution in [0.3, 0.4) is 0 Å². The third-order valence-electron chi connectivity index (χ3n) is 8.00. The van der Waals surface area contributed by atoms with Gasteiger partial charge >= 0.3 is 6.09 Å². The summed E-state index contributed by atoms with van der Waals surface area (Å²) in [6.45, 7) is 8.23. The van der Waals surface area contributed by atoms with Gasteiger partial charge in [-0.15, -0.1) is 0 Å². The smallest absolute Gasteiger partial charge is 0.410 e. The van der Waals surface area contributed by atoms with E-state index in [1.54, 1.807) is 17.0 Å². The molecule has 6 rings (SSSR count). The maximum atomic E-state index is 16.5. The Morgan fingerprint density at radius 1 is 1.10 bits per heavy atom. The van der Waals surface area contributed by atoms with Crippen LogP contribution in [-0.4, -0.2) is 56.8 Å². The monoisotopic (exact) mass is 614 g/mol. The van der Waals surface area contributed by atoms with E-state index in [1.807, 2.05) is 32.6 Å². The van der Waals surface area contributed by atoms with Gasteiger partial charge in [-0.05, 0) is 97.8 Å². The van der Waals surface area contributed by atoms with Crippen LogP contribution in [0.25, 0.3) is 32.8 Å². The maximum Gasteiger partial charge on any atom is 0.410 e. The van der Waals surface area contributed by atoms with Crippen molar-refractivity contribution < 1.29 is 23.4 Å². The average Bonchev–Trinajstić information content (AvgIpc) is 3.17. The number of halogens is 4. The molecule has 7 nitrogen and oxygen atoms in total. The molecule has 0 radical (unpaired) electrons. The molecular formula is C31H30Cl2F2N4O3. The molecule has 2 atom stereocenters. The van der Waals surface area contributed by atoms with Gasteiger partial charge in [-0.3, -0.25) is 4.90 Å². The lowest BCUT2D eigenvalue weighted by Crippen LogP contribution is -2.57. The van der Waals surface area contributed by atoms with Crippen molar-refractivity contribution in [1.82, 2.24) is 14.9 Å². The quantitative estimate of drug-likeness (QED) is 0.236. The van der Waals surface area contributed by atoms with Crippen LogP contribution in [0.1, 0.15) is 46.1 Å². The first-order chi connectivity index (χ1) is 19.9. The molecule has 2 saturated heterocycles. The molecule has 1 amide bonds. The molecule has 1 N–H and O–H groups in total. The average molecular weight is 616 g/mol. The van der Waals surface area contributed by atoms with E-state index in [0.717, 1.165) is 12.8 Å². The van der Waals surface area contributed by atoms with E-state index in [4.69, 9.17) is 27.9 Å². The van der Waals surface area contributed by atoms with Gasteiger partial charge in [0.15, 0.2) is 5.82 Å². The van der Waals surface area contributed by atoms with Crippen molar-refractivity contribution in [3.05, 3.63) is 57.8 Å². The number of fused-ring (bicyclic) bond motifs is 4. The predicted molar refractivity (Wildman–Crippen MR) is 161 cm³/mol. The predicted octanol–water partition coefficient (Wildman–Crippen LogP) is 7.89. The second kappa shape index (κ2) is 10.4. The summed E-state index contributed by atoms with van der Waals surface area (Å²) in [7, 11) is 0. The Morgan fingerprint density at radius 3 is 2.43 bits per heavy atom. The number of carbonyl (C=O) groups excluding carboxylic acids is 1. The fourth-order valence-electron chi connectivity index (χ4n) is 6.37. The van der Waals surface area contributed by atoms with Crippen LogP contribution in [0.5, 0.6) is 5.75 Å². The standard InChI is InChI=1S/C31H30Cl2F2N4O3/c1-5-19-23(34)9-6-15-10-18(40)11-20(24(15)19)25-22(32)12-21-27(26(25)35)36-29(33)37-28(21)38-13-16-7-8-17(14-38)39(16)30(41)42-31(2,3)4/h6,9-12,16-17,40H,5,7-8,13-14H2,1-4H3. The van der Waals surface area contributed by atoms with E-state index >= 15 is 4.39 Å². The van der Waals surface area contributed by atoms with Crippen LogP contribution in [0.15, 0.2) is 30.3 Å². The molecule has 4 aromatic rings. The number of phenolic OH excluding ortho intramolecular Hbond substituents is 1. The van der Waals surface area contributed by atoms with Gasteiger partial charge in [0, 0.05) is 24.0 Å². The molecule has 11 heteroatoms. The summed E-state index contributed by atoms with van der Waals surface area (Å²) in [5.74, 6) is -0.876. The van der Waals surface area contributed by atoms with Gasteiger partial charge in [-0.25, -0.2) is 18.6 Å². The minimum absolute atomic E-state index is 0.0131. The van der Waals surface area contributed by atoms with Crippen molar-refractivity contribution >= 4 is 56.8 Å². The first kappa shape index (κ1) is 28.7. The van der Waals surface area contributed by atoms with Crippen molar-refractivity contribution in [3.63, 3.8) is 0 Å². The zero-order chi connectivity index (χ0) is 30.1. The summed E-state index contributed by atoms with van der Waals surface area (Å²) < 4.78 is 37.0. The Labute approximate surface area is 252 Å². The highest BCUT2D eigenvalue weighted by molar-refractivity contribution is 6.35. The Morgan fingerprint density at radius 2 is 1.79 bits per heavy atom. The minimum Gasteiger partial charge on any atom is -0.508 e. The molecule has 1 aromatic heterocycles. The fourth-order valence-corrected chi connectivity index (χ4v) is 6.83. The lowest BCUT2D eigenvalue weighted by molar-refractivity contribution is 0.0123. The Bertz CT molecular complexity index is 1750. The number of carbonyl (C=O) groups is 1. The van der Waals surface area contributed by atoms with Crippen LogP contribution in [-0.2, 0) is 11.2 Å². The van der Waals surface area contributed by atoms with Crippen molar-refractivity contribution in [2.75, 3.05) is 18.0 Å². The second-order valence-electron chi connectivity index (χ2n) is 11.9. The molecule has 3 aromatic carbocycles. The number of hydrogen-bond donors (Lipinski definition) is 1. The molecular weight excluding hydrogens is 585 g/mol. The normalized spacial score (nSPS) is 18.8. The summed E-state index contributed by atoms with van der Waals surface area (Å²) in [5.41, 5.74) is -0.0254. The van der Waals surface area contributed by atoms with Crippen molar-refractivity contribution in [2.24, 2.45) is 0 Å². The Balaban J connectivity index is 1.47. The fraction of sp³-hybridized carbons (Fsp3) is 0.387. The first-order valence-electron chi connectivity index (χ1n) is 13.9. The molecule has 2 aliphatic rings. The molecule has 2 fully saturated rings. The molecule has 42 heavy (non-hydrogen) atoms. The summed E-state index contributed by atoms with van der Waals surface area (Å²) >= 11 is 13.1. The number of hydrogen-bond acceptors (Lipinski definition) is 6. The molecule has 3 heterocycles. The Hall–Kier alpha value is -3.43. The molecule has 0 saturated carbocycles. The number of aryl methyl sites for hydroxylation is 1. The molecule has 2 bridgehead atoms. The second-order valence-corrected chi connectivity index (χ2v) is 12.7. The van der Waals surface area contributed by atoms with Crippen molar-refractivity contribution in [3.8, 4) is 16.9 Å². The number of amides is 1. The number of aromatic hydroxyl groups is 1. The number of nitrogens with zero attached hydrogens (tertiary/aromatic N) is 4. The number of aromatic nitrogens is 2. The van der Waals surface area contributed by atoms with E-state index in [2.05, 4.69) is 9.97 Å². The summed E-state index contributed by atoms with van der Waals surface area (Å²) in [6.07, 6.45) is 1.61. The van der Waals surface area contributed by atoms with Gasteiger partial charge in [0.05, 0.1) is 17.1 Å². The zero-order valence-corrected chi connectivity index (χ0v) is 25.2. The molecule has 2 aliphatic heterocycles.